The van der Waals surface area contributed by atoms with Gasteiger partial charge in [0.25, 0.3) is 0 Å². The van der Waals surface area contributed by atoms with Crippen molar-refractivity contribution < 1.29 is 17.9 Å². The SMILES string of the molecule is CCCOc1ccc(S(=O)(=O)N2CCN(CCOCC)CC2)cc1-c1[nH]c2c(c1Cl)n(CCC)c(=O)n1cnnc21. The maximum Gasteiger partial charge on any atom is 0.335 e. The first-order valence-electron chi connectivity index (χ1n) is 14.0. The van der Waals surface area contributed by atoms with E-state index < -0.39 is 10.0 Å². The van der Waals surface area contributed by atoms with Crippen LogP contribution in [-0.4, -0.2) is 94.3 Å². The number of piperazine rings is 1. The maximum absolute atomic E-state index is 13.8. The standard InChI is InChI=1S/C27H36ClN7O5S/c1-4-9-34-25-22(28)23(30-24(25)26-31-29-18-35(26)27(34)36)20-17-19(7-8-21(20)40-15-5-2)41(37,38)33-12-10-32(11-13-33)14-16-39-6-3/h7-8,17-18,30H,4-6,9-16H2,1-3H3. The van der Waals surface area contributed by atoms with Gasteiger partial charge in [0, 0.05) is 51.4 Å². The number of ether oxygens (including phenoxy) is 2. The van der Waals surface area contributed by atoms with Crippen molar-refractivity contribution in [2.75, 3.05) is 52.5 Å². The highest BCUT2D eigenvalue weighted by atomic mass is 35.5. The molecule has 0 amide bonds. The zero-order chi connectivity index (χ0) is 29.1. The third-order valence-corrected chi connectivity index (χ3v) is 9.51. The number of aromatic amines is 1. The zero-order valence-electron chi connectivity index (χ0n) is 23.6. The molecule has 1 saturated heterocycles. The minimum absolute atomic E-state index is 0.146. The molecular weight excluding hydrogens is 570 g/mol. The second-order valence-electron chi connectivity index (χ2n) is 9.95. The molecule has 0 unspecified atom stereocenters. The lowest BCUT2D eigenvalue weighted by atomic mass is 10.1. The van der Waals surface area contributed by atoms with Crippen molar-refractivity contribution in [1.82, 2.24) is 33.4 Å². The smallest absolute Gasteiger partial charge is 0.335 e. The van der Waals surface area contributed by atoms with Crippen LogP contribution >= 0.6 is 11.6 Å². The molecule has 4 aromatic rings. The van der Waals surface area contributed by atoms with Gasteiger partial charge in [-0.25, -0.2) is 17.6 Å². The predicted octanol–water partition coefficient (Wildman–Crippen LogP) is 3.23. The Morgan fingerprint density at radius 3 is 2.54 bits per heavy atom. The maximum atomic E-state index is 13.8. The molecule has 0 aliphatic carbocycles. The number of hydrogen-bond donors (Lipinski definition) is 1. The molecule has 5 rings (SSSR count). The number of benzene rings is 1. The van der Waals surface area contributed by atoms with Crippen LogP contribution in [0.4, 0.5) is 0 Å². The van der Waals surface area contributed by atoms with Crippen LogP contribution in [0.3, 0.4) is 0 Å². The minimum atomic E-state index is -3.79. The van der Waals surface area contributed by atoms with Crippen LogP contribution in [-0.2, 0) is 21.3 Å². The summed E-state index contributed by atoms with van der Waals surface area (Å²) < 4.78 is 43.5. The molecule has 41 heavy (non-hydrogen) atoms. The molecular formula is C27H36ClN7O5S. The number of nitrogens with one attached hydrogen (secondary N) is 1. The Labute approximate surface area is 243 Å². The Morgan fingerprint density at radius 2 is 1.83 bits per heavy atom. The first-order valence-corrected chi connectivity index (χ1v) is 15.8. The van der Waals surface area contributed by atoms with Crippen molar-refractivity contribution in [1.29, 1.82) is 0 Å². The summed E-state index contributed by atoms with van der Waals surface area (Å²) in [5.74, 6) is 0.488. The highest BCUT2D eigenvalue weighted by Gasteiger charge is 2.30. The van der Waals surface area contributed by atoms with Gasteiger partial charge >= 0.3 is 5.69 Å². The summed E-state index contributed by atoms with van der Waals surface area (Å²) in [5.41, 5.74) is 2.01. The van der Waals surface area contributed by atoms with E-state index in [-0.39, 0.29) is 15.6 Å². The molecule has 12 nitrogen and oxygen atoms in total. The fourth-order valence-corrected chi connectivity index (χ4v) is 6.95. The van der Waals surface area contributed by atoms with Crippen LogP contribution in [0.1, 0.15) is 33.6 Å². The summed E-state index contributed by atoms with van der Waals surface area (Å²) in [7, 11) is -3.79. The van der Waals surface area contributed by atoms with Gasteiger partial charge in [0.05, 0.1) is 34.3 Å². The molecule has 0 saturated carbocycles. The molecule has 1 aliphatic heterocycles. The van der Waals surface area contributed by atoms with E-state index >= 15 is 0 Å². The number of halogens is 1. The van der Waals surface area contributed by atoms with Gasteiger partial charge in [-0.3, -0.25) is 9.47 Å². The Morgan fingerprint density at radius 1 is 1.05 bits per heavy atom. The summed E-state index contributed by atoms with van der Waals surface area (Å²) in [4.78, 5) is 18.9. The van der Waals surface area contributed by atoms with E-state index in [9.17, 15) is 13.2 Å². The Kier molecular flexibility index (Phi) is 9.00. The van der Waals surface area contributed by atoms with Gasteiger partial charge in [-0.15, -0.1) is 10.2 Å². The number of aromatic nitrogens is 5. The van der Waals surface area contributed by atoms with Gasteiger partial charge in [0.1, 0.15) is 17.6 Å². The topological polar surface area (TPSA) is 127 Å². The van der Waals surface area contributed by atoms with Crippen LogP contribution in [0.5, 0.6) is 5.75 Å². The third kappa shape index (κ3) is 5.61. The lowest BCUT2D eigenvalue weighted by Gasteiger charge is -2.33. The van der Waals surface area contributed by atoms with E-state index in [0.717, 1.165) is 13.0 Å². The van der Waals surface area contributed by atoms with Gasteiger partial charge in [-0.2, -0.15) is 4.31 Å². The van der Waals surface area contributed by atoms with Crippen LogP contribution < -0.4 is 10.4 Å². The molecule has 0 radical (unpaired) electrons. The van der Waals surface area contributed by atoms with Crippen LogP contribution in [0.25, 0.3) is 27.9 Å². The van der Waals surface area contributed by atoms with E-state index in [2.05, 4.69) is 20.1 Å². The zero-order valence-corrected chi connectivity index (χ0v) is 25.2. The first kappa shape index (κ1) is 29.5. The van der Waals surface area contributed by atoms with E-state index in [4.69, 9.17) is 21.1 Å². The second-order valence-corrected chi connectivity index (χ2v) is 12.3. The number of hydrogen-bond acceptors (Lipinski definition) is 8. The fourth-order valence-electron chi connectivity index (χ4n) is 5.15. The molecule has 0 atom stereocenters. The summed E-state index contributed by atoms with van der Waals surface area (Å²) in [6, 6.07) is 4.84. The average Bonchev–Trinajstić information content (AvgIpc) is 3.60. The largest absolute Gasteiger partial charge is 0.493 e. The van der Waals surface area contributed by atoms with Crippen molar-refractivity contribution >= 4 is 38.3 Å². The summed E-state index contributed by atoms with van der Waals surface area (Å²) in [6.45, 7) is 10.9. The fraction of sp³-hybridized carbons (Fsp3) is 0.519. The van der Waals surface area contributed by atoms with Gasteiger partial charge in [0.2, 0.25) is 10.0 Å². The number of sulfonamides is 1. The molecule has 0 spiro atoms. The van der Waals surface area contributed by atoms with Gasteiger partial charge < -0.3 is 14.5 Å². The van der Waals surface area contributed by atoms with Crippen LogP contribution in [0.2, 0.25) is 5.02 Å². The van der Waals surface area contributed by atoms with Crippen molar-refractivity contribution in [2.45, 2.75) is 45.1 Å². The second kappa shape index (κ2) is 12.5. The lowest BCUT2D eigenvalue weighted by Crippen LogP contribution is -2.49. The Hall–Kier alpha value is -2.97. The number of H-pyrrole nitrogens is 1. The van der Waals surface area contributed by atoms with Gasteiger partial charge in [-0.1, -0.05) is 25.4 Å². The van der Waals surface area contributed by atoms with Crippen molar-refractivity contribution in [3.63, 3.8) is 0 Å². The molecule has 222 valence electrons. The van der Waals surface area contributed by atoms with Crippen molar-refractivity contribution in [3.8, 4) is 17.0 Å². The van der Waals surface area contributed by atoms with Gasteiger partial charge in [0.15, 0.2) is 5.65 Å². The average molecular weight is 606 g/mol. The molecule has 1 fully saturated rings. The minimum Gasteiger partial charge on any atom is -0.493 e. The lowest BCUT2D eigenvalue weighted by molar-refractivity contribution is 0.0979. The molecule has 3 aromatic heterocycles. The van der Waals surface area contributed by atoms with Crippen molar-refractivity contribution in [2.24, 2.45) is 0 Å². The van der Waals surface area contributed by atoms with Crippen molar-refractivity contribution in [3.05, 3.63) is 40.0 Å². The number of aryl methyl sites for hydroxylation is 1. The number of nitrogens with zero attached hydrogens (tertiary/aromatic N) is 6. The molecule has 1 aliphatic rings. The van der Waals surface area contributed by atoms with E-state index in [1.807, 2.05) is 20.8 Å². The van der Waals surface area contributed by atoms with Crippen LogP contribution in [0, 0.1) is 0 Å². The molecule has 1 N–H and O–H groups in total. The summed E-state index contributed by atoms with van der Waals surface area (Å²) >= 11 is 6.98. The summed E-state index contributed by atoms with van der Waals surface area (Å²) in [5, 5.41) is 8.35. The number of fused-ring (bicyclic) bond motifs is 3. The van der Waals surface area contributed by atoms with Crippen LogP contribution in [0.15, 0.2) is 34.2 Å². The van der Waals surface area contributed by atoms with E-state index in [1.165, 1.54) is 15.0 Å². The highest BCUT2D eigenvalue weighted by molar-refractivity contribution is 7.89. The molecule has 14 heteroatoms. The molecule has 4 heterocycles. The number of rotatable bonds is 12. The Balaban J connectivity index is 1.57. The molecule has 1 aromatic carbocycles. The first-order chi connectivity index (χ1) is 19.8. The van der Waals surface area contributed by atoms with E-state index in [0.29, 0.717) is 92.7 Å². The normalized spacial score (nSPS) is 15.3. The Bertz CT molecular complexity index is 1690. The quantitative estimate of drug-likeness (QED) is 0.244. The third-order valence-electron chi connectivity index (χ3n) is 7.25. The van der Waals surface area contributed by atoms with E-state index in [1.54, 1.807) is 22.8 Å². The van der Waals surface area contributed by atoms with Gasteiger partial charge in [-0.05, 0) is 38.0 Å². The highest BCUT2D eigenvalue weighted by Crippen LogP contribution is 2.41. The predicted molar refractivity (Wildman–Crippen MR) is 157 cm³/mol. The monoisotopic (exact) mass is 605 g/mol. The summed E-state index contributed by atoms with van der Waals surface area (Å²) in [6.07, 6.45) is 2.85. The molecule has 0 bridgehead atoms.